The van der Waals surface area contributed by atoms with Gasteiger partial charge < -0.3 is 5.73 Å². The monoisotopic (exact) mass is 259 g/mol. The molecule has 0 fully saturated rings. The molecule has 0 atom stereocenters. The second-order valence-corrected chi connectivity index (χ2v) is 4.38. The predicted octanol–water partition coefficient (Wildman–Crippen LogP) is 3.19. The van der Waals surface area contributed by atoms with Crippen LogP contribution in [0.4, 0.5) is 14.7 Å². The van der Waals surface area contributed by atoms with E-state index in [4.69, 9.17) is 5.73 Å². The minimum Gasteiger partial charge on any atom is -0.369 e. The van der Waals surface area contributed by atoms with Crippen LogP contribution in [0, 0.1) is 18.6 Å². The average molecular weight is 259 g/mol. The quantitative estimate of drug-likeness (QED) is 0.729. The Kier molecular flexibility index (Phi) is 2.48. The smallest absolute Gasteiger partial charge is 0.205 e. The summed E-state index contributed by atoms with van der Waals surface area (Å²) in [5.74, 6) is -1.10. The minimum atomic E-state index is -0.649. The van der Waals surface area contributed by atoms with Gasteiger partial charge in [-0.25, -0.2) is 13.8 Å². The molecule has 1 aromatic heterocycles. The van der Waals surface area contributed by atoms with Crippen LogP contribution in [0.2, 0.25) is 0 Å². The number of imidazole rings is 1. The fourth-order valence-corrected chi connectivity index (χ4v) is 2.20. The van der Waals surface area contributed by atoms with E-state index in [-0.39, 0.29) is 5.95 Å². The molecule has 3 nitrogen and oxygen atoms in total. The summed E-state index contributed by atoms with van der Waals surface area (Å²) >= 11 is 0. The molecule has 0 aliphatic heterocycles. The van der Waals surface area contributed by atoms with Crippen molar-refractivity contribution in [1.29, 1.82) is 0 Å². The standard InChI is InChI=1S/C14H11F2N3/c1-8-3-2-4-12-13(8)18-14(17)19(12)11-6-9(15)5-10(16)7-11/h2-7H,1H3,(H2,17,18). The number of fused-ring (bicyclic) bond motifs is 1. The summed E-state index contributed by atoms with van der Waals surface area (Å²) < 4.78 is 28.2. The number of halogens is 2. The first-order valence-corrected chi connectivity index (χ1v) is 5.76. The lowest BCUT2D eigenvalue weighted by Crippen LogP contribution is -2.01. The summed E-state index contributed by atoms with van der Waals surface area (Å²) in [6.45, 7) is 1.91. The topological polar surface area (TPSA) is 43.8 Å². The number of hydrogen-bond donors (Lipinski definition) is 1. The van der Waals surface area contributed by atoms with E-state index in [0.29, 0.717) is 5.69 Å². The molecule has 0 unspecified atom stereocenters. The maximum atomic E-state index is 13.3. The van der Waals surface area contributed by atoms with Gasteiger partial charge in [0.25, 0.3) is 0 Å². The molecule has 19 heavy (non-hydrogen) atoms. The fraction of sp³-hybridized carbons (Fsp3) is 0.0714. The van der Waals surface area contributed by atoms with Gasteiger partial charge in [0.05, 0.1) is 16.7 Å². The van der Waals surface area contributed by atoms with Gasteiger partial charge in [-0.2, -0.15) is 0 Å². The third kappa shape index (κ3) is 1.83. The Morgan fingerprint density at radius 2 is 1.79 bits per heavy atom. The average Bonchev–Trinajstić information content (AvgIpc) is 2.65. The van der Waals surface area contributed by atoms with Gasteiger partial charge in [-0.05, 0) is 30.7 Å². The Hall–Kier alpha value is -2.43. The van der Waals surface area contributed by atoms with Gasteiger partial charge in [-0.1, -0.05) is 12.1 Å². The van der Waals surface area contributed by atoms with Gasteiger partial charge in [0.2, 0.25) is 5.95 Å². The third-order valence-corrected chi connectivity index (χ3v) is 3.02. The zero-order valence-corrected chi connectivity index (χ0v) is 10.2. The van der Waals surface area contributed by atoms with Gasteiger partial charge in [-0.3, -0.25) is 4.57 Å². The lowest BCUT2D eigenvalue weighted by Gasteiger charge is -2.07. The predicted molar refractivity (Wildman–Crippen MR) is 70.1 cm³/mol. The first-order chi connectivity index (χ1) is 9.06. The second kappa shape index (κ2) is 4.05. The van der Waals surface area contributed by atoms with Crippen LogP contribution in [0.1, 0.15) is 5.56 Å². The lowest BCUT2D eigenvalue weighted by atomic mass is 10.2. The van der Waals surface area contributed by atoms with E-state index in [9.17, 15) is 8.78 Å². The van der Waals surface area contributed by atoms with E-state index in [0.717, 1.165) is 22.7 Å². The Morgan fingerprint density at radius 1 is 1.11 bits per heavy atom. The number of nitrogen functional groups attached to an aromatic ring is 1. The fourth-order valence-electron chi connectivity index (χ4n) is 2.20. The van der Waals surface area contributed by atoms with E-state index < -0.39 is 11.6 Å². The van der Waals surface area contributed by atoms with E-state index >= 15 is 0 Å². The maximum Gasteiger partial charge on any atom is 0.205 e. The van der Waals surface area contributed by atoms with Crippen LogP contribution in [-0.4, -0.2) is 9.55 Å². The number of rotatable bonds is 1. The van der Waals surface area contributed by atoms with Crippen LogP contribution in [0.5, 0.6) is 0 Å². The molecule has 1 heterocycles. The van der Waals surface area contributed by atoms with Gasteiger partial charge in [0.1, 0.15) is 11.6 Å². The first kappa shape index (κ1) is 11.6. The number of nitrogens with zero attached hydrogens (tertiary/aromatic N) is 2. The van der Waals surface area contributed by atoms with E-state index in [2.05, 4.69) is 4.98 Å². The highest BCUT2D eigenvalue weighted by Gasteiger charge is 2.12. The molecule has 3 aromatic rings. The summed E-state index contributed by atoms with van der Waals surface area (Å²) in [4.78, 5) is 4.24. The SMILES string of the molecule is Cc1cccc2c1nc(N)n2-c1cc(F)cc(F)c1. The molecular formula is C14H11F2N3. The number of aromatic nitrogens is 2. The highest BCUT2D eigenvalue weighted by molar-refractivity contribution is 5.83. The number of anilines is 1. The molecule has 0 saturated carbocycles. The second-order valence-electron chi connectivity index (χ2n) is 4.38. The molecule has 0 bridgehead atoms. The first-order valence-electron chi connectivity index (χ1n) is 5.76. The summed E-state index contributed by atoms with van der Waals surface area (Å²) in [6, 6.07) is 8.85. The summed E-state index contributed by atoms with van der Waals surface area (Å²) in [5, 5.41) is 0. The van der Waals surface area contributed by atoms with Crippen LogP contribution in [-0.2, 0) is 0 Å². The largest absolute Gasteiger partial charge is 0.369 e. The molecule has 0 aliphatic rings. The molecule has 5 heteroatoms. The molecule has 0 aliphatic carbocycles. The van der Waals surface area contributed by atoms with Crippen molar-refractivity contribution in [1.82, 2.24) is 9.55 Å². The van der Waals surface area contributed by atoms with Gasteiger partial charge >= 0.3 is 0 Å². The third-order valence-electron chi connectivity index (χ3n) is 3.02. The highest BCUT2D eigenvalue weighted by atomic mass is 19.1. The molecule has 2 N–H and O–H groups in total. The zero-order chi connectivity index (χ0) is 13.6. The normalized spacial score (nSPS) is 11.1. The Balaban J connectivity index is 2.36. The van der Waals surface area contributed by atoms with Crippen molar-refractivity contribution in [2.24, 2.45) is 0 Å². The molecule has 2 aromatic carbocycles. The molecule has 3 rings (SSSR count). The minimum absolute atomic E-state index is 0.203. The number of aryl methyl sites for hydroxylation is 1. The summed E-state index contributed by atoms with van der Waals surface area (Å²) in [5.41, 5.74) is 8.59. The Bertz CT molecular complexity index is 757. The molecule has 0 saturated heterocycles. The van der Waals surface area contributed by atoms with Crippen molar-refractivity contribution < 1.29 is 8.78 Å². The van der Waals surface area contributed by atoms with Crippen molar-refractivity contribution in [3.05, 3.63) is 53.6 Å². The van der Waals surface area contributed by atoms with Gasteiger partial charge in [0, 0.05) is 6.07 Å². The van der Waals surface area contributed by atoms with Gasteiger partial charge in [-0.15, -0.1) is 0 Å². The zero-order valence-electron chi connectivity index (χ0n) is 10.2. The maximum absolute atomic E-state index is 13.3. The molecule has 96 valence electrons. The number of benzene rings is 2. The van der Waals surface area contributed by atoms with Crippen LogP contribution >= 0.6 is 0 Å². The lowest BCUT2D eigenvalue weighted by molar-refractivity contribution is 0.582. The van der Waals surface area contributed by atoms with E-state index in [1.807, 2.05) is 25.1 Å². The van der Waals surface area contributed by atoms with Crippen LogP contribution < -0.4 is 5.73 Å². The van der Waals surface area contributed by atoms with E-state index in [1.165, 1.54) is 16.7 Å². The van der Waals surface area contributed by atoms with Crippen LogP contribution in [0.3, 0.4) is 0 Å². The summed E-state index contributed by atoms with van der Waals surface area (Å²) in [6.07, 6.45) is 0. The molecule has 0 spiro atoms. The number of nitrogens with two attached hydrogens (primary N) is 1. The van der Waals surface area contributed by atoms with Crippen LogP contribution in [0.25, 0.3) is 16.7 Å². The van der Waals surface area contributed by atoms with Crippen LogP contribution in [0.15, 0.2) is 36.4 Å². The van der Waals surface area contributed by atoms with Crippen molar-refractivity contribution in [3.63, 3.8) is 0 Å². The highest BCUT2D eigenvalue weighted by Crippen LogP contribution is 2.25. The van der Waals surface area contributed by atoms with Crippen molar-refractivity contribution >= 4 is 17.0 Å². The Morgan fingerprint density at radius 3 is 2.47 bits per heavy atom. The molecular weight excluding hydrogens is 248 g/mol. The van der Waals surface area contributed by atoms with Crippen molar-refractivity contribution in [3.8, 4) is 5.69 Å². The number of hydrogen-bond acceptors (Lipinski definition) is 2. The van der Waals surface area contributed by atoms with E-state index in [1.54, 1.807) is 0 Å². The van der Waals surface area contributed by atoms with Gasteiger partial charge in [0.15, 0.2) is 0 Å². The van der Waals surface area contributed by atoms with Crippen molar-refractivity contribution in [2.75, 3.05) is 5.73 Å². The van der Waals surface area contributed by atoms with Crippen molar-refractivity contribution in [2.45, 2.75) is 6.92 Å². The molecule has 0 amide bonds. The summed E-state index contributed by atoms with van der Waals surface area (Å²) in [7, 11) is 0. The molecule has 0 radical (unpaired) electrons. The number of para-hydroxylation sites is 1. The Labute approximate surface area is 108 Å².